The van der Waals surface area contributed by atoms with Crippen LogP contribution in [0, 0.1) is 12.3 Å². The van der Waals surface area contributed by atoms with Crippen molar-refractivity contribution in [3.63, 3.8) is 0 Å². The maximum atomic E-state index is 13.4. The minimum atomic E-state index is -0.215. The standard InChI is InChI=1S/C26H34N4O2/c1-19-15-24(27-23-17-21-4-2-3-20(21)16-22(19)23)30-8-6-26(18-30)5-7-29(25(26)31)10-9-28-11-13-32-14-12-28/h15-17H,2-14,18H2,1H3. The largest absolute Gasteiger partial charge is 0.379 e. The van der Waals surface area contributed by atoms with Gasteiger partial charge in [0.15, 0.2) is 0 Å². The Hall–Kier alpha value is -2.18. The van der Waals surface area contributed by atoms with Gasteiger partial charge in [0.25, 0.3) is 0 Å². The summed E-state index contributed by atoms with van der Waals surface area (Å²) in [6.07, 6.45) is 5.56. The Labute approximate surface area is 190 Å². The third kappa shape index (κ3) is 3.48. The molecule has 0 saturated carbocycles. The number of aryl methyl sites for hydroxylation is 3. The number of carbonyl (C=O) groups excluding carboxylic acids is 1. The molecule has 0 N–H and O–H groups in total. The summed E-state index contributed by atoms with van der Waals surface area (Å²) >= 11 is 0. The van der Waals surface area contributed by atoms with Crippen LogP contribution in [0.2, 0.25) is 0 Å². The van der Waals surface area contributed by atoms with Crippen LogP contribution in [0.15, 0.2) is 18.2 Å². The molecule has 170 valence electrons. The van der Waals surface area contributed by atoms with Crippen LogP contribution in [0.1, 0.15) is 36.0 Å². The normalized spacial score (nSPS) is 26.1. The summed E-state index contributed by atoms with van der Waals surface area (Å²) in [7, 11) is 0. The molecule has 6 nitrogen and oxygen atoms in total. The number of hydrogen-bond acceptors (Lipinski definition) is 5. The second kappa shape index (κ2) is 7.99. The molecule has 32 heavy (non-hydrogen) atoms. The molecule has 1 aromatic heterocycles. The van der Waals surface area contributed by atoms with Crippen LogP contribution in [0.25, 0.3) is 10.9 Å². The molecule has 1 atom stereocenters. The van der Waals surface area contributed by atoms with Crippen LogP contribution in [-0.4, -0.2) is 79.7 Å². The highest BCUT2D eigenvalue weighted by atomic mass is 16.5. The summed E-state index contributed by atoms with van der Waals surface area (Å²) < 4.78 is 5.45. The topological polar surface area (TPSA) is 48.9 Å². The molecule has 1 aromatic carbocycles. The Morgan fingerprint density at radius 3 is 2.62 bits per heavy atom. The molecule has 6 rings (SSSR count). The lowest BCUT2D eigenvalue weighted by molar-refractivity contribution is -0.135. The number of likely N-dealkylation sites (tertiary alicyclic amines) is 1. The summed E-state index contributed by atoms with van der Waals surface area (Å²) in [4.78, 5) is 25.4. The molecule has 0 radical (unpaired) electrons. The highest BCUT2D eigenvalue weighted by molar-refractivity contribution is 5.88. The fourth-order valence-electron chi connectivity index (χ4n) is 6.25. The first kappa shape index (κ1) is 20.4. The molecule has 1 spiro atoms. The first-order valence-electron chi connectivity index (χ1n) is 12.4. The summed E-state index contributed by atoms with van der Waals surface area (Å²) in [6.45, 7) is 10.2. The monoisotopic (exact) mass is 434 g/mol. The van der Waals surface area contributed by atoms with Crippen molar-refractivity contribution in [3.05, 3.63) is 34.9 Å². The Kier molecular flexibility index (Phi) is 5.10. The van der Waals surface area contributed by atoms with Gasteiger partial charge in [-0.2, -0.15) is 0 Å². The van der Waals surface area contributed by atoms with Crippen LogP contribution in [0.3, 0.4) is 0 Å². The zero-order valence-electron chi connectivity index (χ0n) is 19.2. The molecule has 3 aliphatic heterocycles. The van der Waals surface area contributed by atoms with Crippen LogP contribution >= 0.6 is 0 Å². The van der Waals surface area contributed by atoms with E-state index in [2.05, 4.69) is 39.8 Å². The van der Waals surface area contributed by atoms with Crippen LogP contribution < -0.4 is 4.90 Å². The van der Waals surface area contributed by atoms with E-state index in [-0.39, 0.29) is 5.41 Å². The van der Waals surface area contributed by atoms with Crippen molar-refractivity contribution in [2.45, 2.75) is 39.0 Å². The van der Waals surface area contributed by atoms with Crippen LogP contribution in [0.5, 0.6) is 0 Å². The molecule has 1 unspecified atom stereocenters. The van der Waals surface area contributed by atoms with Crippen molar-refractivity contribution in [2.75, 3.05) is 63.9 Å². The number of ether oxygens (including phenoxy) is 1. The van der Waals surface area contributed by atoms with E-state index in [4.69, 9.17) is 9.72 Å². The van der Waals surface area contributed by atoms with Gasteiger partial charge >= 0.3 is 0 Å². The molecule has 4 aliphatic rings. The lowest BCUT2D eigenvalue weighted by atomic mass is 9.85. The van der Waals surface area contributed by atoms with Gasteiger partial charge < -0.3 is 14.5 Å². The number of nitrogens with zero attached hydrogens (tertiary/aromatic N) is 4. The molecule has 4 heterocycles. The molecule has 6 heteroatoms. The van der Waals surface area contributed by atoms with Crippen LogP contribution in [0.4, 0.5) is 5.82 Å². The Morgan fingerprint density at radius 2 is 1.78 bits per heavy atom. The summed E-state index contributed by atoms with van der Waals surface area (Å²) in [5.74, 6) is 1.41. The number of aromatic nitrogens is 1. The number of amides is 1. The van der Waals surface area contributed by atoms with E-state index >= 15 is 0 Å². The fourth-order valence-corrected chi connectivity index (χ4v) is 6.25. The third-order valence-electron chi connectivity index (χ3n) is 8.28. The number of fused-ring (bicyclic) bond motifs is 2. The maximum Gasteiger partial charge on any atom is 0.230 e. The lowest BCUT2D eigenvalue weighted by Gasteiger charge is -2.29. The smallest absolute Gasteiger partial charge is 0.230 e. The van der Waals surface area contributed by atoms with E-state index < -0.39 is 0 Å². The average Bonchev–Trinajstić information content (AvgIpc) is 3.52. The van der Waals surface area contributed by atoms with E-state index in [9.17, 15) is 4.79 Å². The van der Waals surface area contributed by atoms with E-state index in [1.54, 1.807) is 0 Å². The molecular weight excluding hydrogens is 400 g/mol. The summed E-state index contributed by atoms with van der Waals surface area (Å²) in [5.41, 5.74) is 5.18. The lowest BCUT2D eigenvalue weighted by Crippen LogP contribution is -2.43. The van der Waals surface area contributed by atoms with Gasteiger partial charge in [0.2, 0.25) is 5.91 Å². The Morgan fingerprint density at radius 1 is 1.00 bits per heavy atom. The van der Waals surface area contributed by atoms with Crippen molar-refractivity contribution in [1.82, 2.24) is 14.8 Å². The minimum absolute atomic E-state index is 0.215. The van der Waals surface area contributed by atoms with Crippen molar-refractivity contribution in [1.29, 1.82) is 0 Å². The minimum Gasteiger partial charge on any atom is -0.379 e. The van der Waals surface area contributed by atoms with Gasteiger partial charge in [0.05, 0.1) is 24.1 Å². The van der Waals surface area contributed by atoms with Crippen molar-refractivity contribution in [2.24, 2.45) is 5.41 Å². The summed E-state index contributed by atoms with van der Waals surface area (Å²) in [6, 6.07) is 6.91. The predicted molar refractivity (Wildman–Crippen MR) is 126 cm³/mol. The Balaban J connectivity index is 1.17. The van der Waals surface area contributed by atoms with Crippen molar-refractivity contribution < 1.29 is 9.53 Å². The molecule has 0 bridgehead atoms. The van der Waals surface area contributed by atoms with E-state index in [1.807, 2.05) is 0 Å². The second-order valence-corrected chi connectivity index (χ2v) is 10.2. The molecule has 3 saturated heterocycles. The molecular formula is C26H34N4O2. The summed E-state index contributed by atoms with van der Waals surface area (Å²) in [5, 5.41) is 1.29. The highest BCUT2D eigenvalue weighted by Gasteiger charge is 2.50. The van der Waals surface area contributed by atoms with Crippen molar-refractivity contribution >= 4 is 22.6 Å². The number of pyridine rings is 1. The Bertz CT molecular complexity index is 1050. The van der Waals surface area contributed by atoms with Crippen LogP contribution in [-0.2, 0) is 22.4 Å². The van der Waals surface area contributed by atoms with Gasteiger partial charge in [0, 0.05) is 51.2 Å². The van der Waals surface area contributed by atoms with E-state index in [0.717, 1.165) is 83.2 Å². The number of benzene rings is 1. The van der Waals surface area contributed by atoms with Gasteiger partial charge in [-0.05, 0) is 73.9 Å². The van der Waals surface area contributed by atoms with E-state index in [0.29, 0.717) is 5.91 Å². The van der Waals surface area contributed by atoms with Crippen molar-refractivity contribution in [3.8, 4) is 0 Å². The van der Waals surface area contributed by atoms with Gasteiger partial charge in [-0.25, -0.2) is 4.98 Å². The first-order chi connectivity index (χ1) is 15.6. The zero-order valence-corrected chi connectivity index (χ0v) is 19.2. The first-order valence-corrected chi connectivity index (χ1v) is 12.4. The van der Waals surface area contributed by atoms with Gasteiger partial charge in [-0.3, -0.25) is 9.69 Å². The number of morpholine rings is 1. The number of carbonyl (C=O) groups is 1. The molecule has 3 fully saturated rings. The van der Waals surface area contributed by atoms with Gasteiger partial charge in [-0.15, -0.1) is 0 Å². The molecule has 1 aliphatic carbocycles. The molecule has 2 aromatic rings. The number of anilines is 1. The number of hydrogen-bond donors (Lipinski definition) is 0. The predicted octanol–water partition coefficient (Wildman–Crippen LogP) is 2.79. The van der Waals surface area contributed by atoms with Gasteiger partial charge in [0.1, 0.15) is 5.82 Å². The van der Waals surface area contributed by atoms with E-state index in [1.165, 1.54) is 41.3 Å². The SMILES string of the molecule is Cc1cc(N2CCC3(CCN(CCN4CCOCC4)C3=O)C2)nc2cc3c(cc12)CCC3. The van der Waals surface area contributed by atoms with Gasteiger partial charge in [-0.1, -0.05) is 0 Å². The highest BCUT2D eigenvalue weighted by Crippen LogP contribution is 2.42. The average molecular weight is 435 g/mol. The maximum absolute atomic E-state index is 13.4. The second-order valence-electron chi connectivity index (χ2n) is 10.2. The zero-order chi connectivity index (χ0) is 21.7. The number of rotatable bonds is 4. The fraction of sp³-hybridized carbons (Fsp3) is 0.615. The quantitative estimate of drug-likeness (QED) is 0.741. The third-order valence-corrected chi connectivity index (χ3v) is 8.28. The molecule has 1 amide bonds.